The summed E-state index contributed by atoms with van der Waals surface area (Å²) < 4.78 is 0. The van der Waals surface area contributed by atoms with Gasteiger partial charge in [-0.15, -0.1) is 0 Å². The smallest absolute Gasteiger partial charge is 0.247 e. The van der Waals surface area contributed by atoms with E-state index < -0.39 is 0 Å². The number of carbonyl (C=O) groups is 2. The number of amides is 2. The van der Waals surface area contributed by atoms with Crippen LogP contribution in [0.4, 0.5) is 0 Å². The Balaban J connectivity index is 2.13. The van der Waals surface area contributed by atoms with Gasteiger partial charge in [-0.25, -0.2) is 0 Å². The Labute approximate surface area is 107 Å². The van der Waals surface area contributed by atoms with Gasteiger partial charge in [0.1, 0.15) is 0 Å². The Morgan fingerprint density at radius 1 is 1.39 bits per heavy atom. The van der Waals surface area contributed by atoms with E-state index >= 15 is 0 Å². The number of hydrogen-bond donors (Lipinski definition) is 2. The molecule has 2 N–H and O–H groups in total. The van der Waals surface area contributed by atoms with Crippen LogP contribution in [0.25, 0.3) is 0 Å². The SMILES string of the molecule is C=C(C)C(=O)NCCCNC(=O)C1=CC=NCC1. The highest BCUT2D eigenvalue weighted by molar-refractivity contribution is 5.97. The second-order valence-electron chi connectivity index (χ2n) is 4.14. The van der Waals surface area contributed by atoms with Crippen LogP contribution in [0.3, 0.4) is 0 Å². The summed E-state index contributed by atoms with van der Waals surface area (Å²) in [6, 6.07) is 0. The van der Waals surface area contributed by atoms with E-state index in [4.69, 9.17) is 0 Å². The van der Waals surface area contributed by atoms with Crippen molar-refractivity contribution < 1.29 is 9.59 Å². The predicted octanol–water partition coefficient (Wildman–Crippen LogP) is 0.586. The Morgan fingerprint density at radius 3 is 2.72 bits per heavy atom. The van der Waals surface area contributed by atoms with Gasteiger partial charge in [0.15, 0.2) is 0 Å². The van der Waals surface area contributed by atoms with Crippen molar-refractivity contribution >= 4 is 18.0 Å². The van der Waals surface area contributed by atoms with E-state index in [1.807, 2.05) is 0 Å². The Morgan fingerprint density at radius 2 is 2.11 bits per heavy atom. The van der Waals surface area contributed by atoms with E-state index in [0.29, 0.717) is 38.0 Å². The highest BCUT2D eigenvalue weighted by atomic mass is 16.2. The van der Waals surface area contributed by atoms with E-state index in [2.05, 4.69) is 22.2 Å². The van der Waals surface area contributed by atoms with Crippen LogP contribution in [-0.4, -0.2) is 37.7 Å². The zero-order valence-electron chi connectivity index (χ0n) is 10.7. The molecule has 0 aliphatic carbocycles. The van der Waals surface area contributed by atoms with Crippen LogP contribution in [0.1, 0.15) is 19.8 Å². The number of carbonyl (C=O) groups excluding carboxylic acids is 2. The third kappa shape index (κ3) is 4.95. The molecule has 0 saturated carbocycles. The molecule has 1 aliphatic rings. The molecule has 1 heterocycles. The van der Waals surface area contributed by atoms with Gasteiger partial charge in [-0.3, -0.25) is 14.6 Å². The molecule has 2 amide bonds. The van der Waals surface area contributed by atoms with Gasteiger partial charge in [0, 0.05) is 37.0 Å². The number of aliphatic imine (C=N–C) groups is 1. The predicted molar refractivity (Wildman–Crippen MR) is 71.5 cm³/mol. The summed E-state index contributed by atoms with van der Waals surface area (Å²) in [7, 11) is 0. The number of rotatable bonds is 6. The lowest BCUT2D eigenvalue weighted by atomic mass is 10.1. The van der Waals surface area contributed by atoms with E-state index in [-0.39, 0.29) is 11.8 Å². The topological polar surface area (TPSA) is 70.6 Å². The number of hydrogen-bond acceptors (Lipinski definition) is 3. The maximum absolute atomic E-state index is 11.7. The molecule has 0 aromatic rings. The average molecular weight is 249 g/mol. The second-order valence-corrected chi connectivity index (χ2v) is 4.14. The third-order valence-electron chi connectivity index (χ3n) is 2.50. The molecule has 0 aromatic heterocycles. The lowest BCUT2D eigenvalue weighted by Crippen LogP contribution is -2.31. The van der Waals surface area contributed by atoms with Gasteiger partial charge in [0.2, 0.25) is 11.8 Å². The first-order valence-electron chi connectivity index (χ1n) is 6.02. The quantitative estimate of drug-likeness (QED) is 0.534. The normalized spacial score (nSPS) is 13.7. The number of nitrogens with zero attached hydrogens (tertiary/aromatic N) is 1. The molecule has 0 radical (unpaired) electrons. The Bertz CT molecular complexity index is 397. The van der Waals surface area contributed by atoms with Crippen LogP contribution in [-0.2, 0) is 9.59 Å². The van der Waals surface area contributed by atoms with Crippen molar-refractivity contribution in [1.82, 2.24) is 10.6 Å². The average Bonchev–Trinajstić information content (AvgIpc) is 2.38. The number of allylic oxidation sites excluding steroid dienone is 1. The van der Waals surface area contributed by atoms with Gasteiger partial charge in [-0.05, 0) is 25.8 Å². The summed E-state index contributed by atoms with van der Waals surface area (Å²) in [6.45, 7) is 6.96. The van der Waals surface area contributed by atoms with Crippen molar-refractivity contribution in [3.63, 3.8) is 0 Å². The molecule has 18 heavy (non-hydrogen) atoms. The first-order chi connectivity index (χ1) is 8.61. The summed E-state index contributed by atoms with van der Waals surface area (Å²) in [5.74, 6) is -0.195. The summed E-state index contributed by atoms with van der Waals surface area (Å²) in [5, 5.41) is 5.52. The molecule has 0 aromatic carbocycles. The molecule has 0 spiro atoms. The van der Waals surface area contributed by atoms with Gasteiger partial charge in [-0.1, -0.05) is 6.58 Å². The van der Waals surface area contributed by atoms with E-state index in [1.54, 1.807) is 19.2 Å². The molecule has 1 rings (SSSR count). The second kappa shape index (κ2) is 7.42. The summed E-state index contributed by atoms with van der Waals surface area (Å²) in [4.78, 5) is 26.8. The van der Waals surface area contributed by atoms with Gasteiger partial charge >= 0.3 is 0 Å². The Kier molecular flexibility index (Phi) is 5.84. The third-order valence-corrected chi connectivity index (χ3v) is 2.50. The standard InChI is InChI=1S/C13H19N3O2/c1-10(2)12(17)15-6-3-7-16-13(18)11-4-8-14-9-5-11/h4,8H,1,3,5-7,9H2,2H3,(H,15,17)(H,16,18). The summed E-state index contributed by atoms with van der Waals surface area (Å²) in [5.41, 5.74) is 1.25. The van der Waals surface area contributed by atoms with Gasteiger partial charge in [-0.2, -0.15) is 0 Å². The fourth-order valence-electron chi connectivity index (χ4n) is 1.43. The van der Waals surface area contributed by atoms with Gasteiger partial charge in [0.05, 0.1) is 0 Å². The fourth-order valence-corrected chi connectivity index (χ4v) is 1.43. The van der Waals surface area contributed by atoms with Crippen molar-refractivity contribution in [2.75, 3.05) is 19.6 Å². The lowest BCUT2D eigenvalue weighted by Gasteiger charge is -2.10. The van der Waals surface area contributed by atoms with Crippen LogP contribution in [0, 0.1) is 0 Å². The monoisotopic (exact) mass is 249 g/mol. The molecule has 0 saturated heterocycles. The largest absolute Gasteiger partial charge is 0.352 e. The molecule has 5 heteroatoms. The summed E-state index contributed by atoms with van der Waals surface area (Å²) in [6.07, 6.45) is 4.79. The van der Waals surface area contributed by atoms with Crippen LogP contribution in [0.15, 0.2) is 28.8 Å². The lowest BCUT2D eigenvalue weighted by molar-refractivity contribution is -0.117. The first kappa shape index (κ1) is 14.2. The first-order valence-corrected chi connectivity index (χ1v) is 6.02. The Hall–Kier alpha value is -1.91. The minimum Gasteiger partial charge on any atom is -0.352 e. The molecule has 5 nitrogen and oxygen atoms in total. The van der Waals surface area contributed by atoms with Crippen molar-refractivity contribution in [2.24, 2.45) is 4.99 Å². The maximum atomic E-state index is 11.7. The minimum absolute atomic E-state index is 0.0487. The van der Waals surface area contributed by atoms with Crippen LogP contribution in [0.5, 0.6) is 0 Å². The maximum Gasteiger partial charge on any atom is 0.247 e. The minimum atomic E-state index is -0.146. The fraction of sp³-hybridized carbons (Fsp3) is 0.462. The highest BCUT2D eigenvalue weighted by Crippen LogP contribution is 2.04. The van der Waals surface area contributed by atoms with Crippen LogP contribution in [0.2, 0.25) is 0 Å². The van der Waals surface area contributed by atoms with E-state index in [0.717, 1.165) is 5.57 Å². The molecule has 0 fully saturated rings. The van der Waals surface area contributed by atoms with Crippen molar-refractivity contribution in [3.8, 4) is 0 Å². The van der Waals surface area contributed by atoms with E-state index in [1.165, 1.54) is 0 Å². The van der Waals surface area contributed by atoms with Crippen LogP contribution < -0.4 is 10.6 Å². The van der Waals surface area contributed by atoms with E-state index in [9.17, 15) is 9.59 Å². The molecule has 1 aliphatic heterocycles. The molecular formula is C13H19N3O2. The zero-order valence-corrected chi connectivity index (χ0v) is 10.7. The molecular weight excluding hydrogens is 230 g/mol. The molecule has 0 unspecified atom stereocenters. The number of nitrogens with one attached hydrogen (secondary N) is 2. The molecule has 0 atom stereocenters. The van der Waals surface area contributed by atoms with Crippen LogP contribution >= 0.6 is 0 Å². The van der Waals surface area contributed by atoms with Crippen molar-refractivity contribution in [3.05, 3.63) is 23.8 Å². The summed E-state index contributed by atoms with van der Waals surface area (Å²) >= 11 is 0. The number of dihydropyridines is 1. The van der Waals surface area contributed by atoms with Crippen molar-refractivity contribution in [1.29, 1.82) is 0 Å². The highest BCUT2D eigenvalue weighted by Gasteiger charge is 2.09. The molecule has 98 valence electrons. The van der Waals surface area contributed by atoms with Gasteiger partial charge in [0.25, 0.3) is 0 Å². The zero-order chi connectivity index (χ0) is 13.4. The molecule has 0 bridgehead atoms. The van der Waals surface area contributed by atoms with Gasteiger partial charge < -0.3 is 10.6 Å². The van der Waals surface area contributed by atoms with Crippen molar-refractivity contribution in [2.45, 2.75) is 19.8 Å².